The first-order valence-electron chi connectivity index (χ1n) is 8.63. The number of anilines is 1. The molecule has 1 atom stereocenters. The van der Waals surface area contributed by atoms with E-state index < -0.39 is 5.41 Å². The van der Waals surface area contributed by atoms with Crippen molar-refractivity contribution in [2.24, 2.45) is 0 Å². The van der Waals surface area contributed by atoms with Crippen molar-refractivity contribution in [3.63, 3.8) is 0 Å². The highest BCUT2D eigenvalue weighted by molar-refractivity contribution is 5.88. The second-order valence-electron chi connectivity index (χ2n) is 7.99. The van der Waals surface area contributed by atoms with Gasteiger partial charge in [-0.15, -0.1) is 0 Å². The van der Waals surface area contributed by atoms with Crippen LogP contribution in [0.3, 0.4) is 0 Å². The van der Waals surface area contributed by atoms with Gasteiger partial charge in [0.25, 0.3) is 0 Å². The number of nitriles is 1. The molecule has 1 aliphatic carbocycles. The molecule has 4 heteroatoms. The van der Waals surface area contributed by atoms with Crippen molar-refractivity contribution in [2.45, 2.75) is 58.8 Å². The summed E-state index contributed by atoms with van der Waals surface area (Å²) in [4.78, 5) is 11.2. The number of aromatic nitrogens is 1. The van der Waals surface area contributed by atoms with Gasteiger partial charge < -0.3 is 9.88 Å². The van der Waals surface area contributed by atoms with E-state index in [0.717, 1.165) is 23.5 Å². The normalized spacial score (nSPS) is 20.8. The van der Waals surface area contributed by atoms with Gasteiger partial charge in [-0.2, -0.15) is 5.26 Å². The van der Waals surface area contributed by atoms with Gasteiger partial charge in [-0.1, -0.05) is 13.8 Å². The number of nitrogens with zero attached hydrogens (tertiary/aromatic N) is 2. The average molecular weight is 335 g/mol. The highest BCUT2D eigenvalue weighted by Crippen LogP contribution is 2.53. The maximum atomic E-state index is 11.2. The second kappa shape index (κ2) is 5.49. The summed E-state index contributed by atoms with van der Waals surface area (Å²) in [5.74, 6) is -0.0772. The molecule has 130 valence electrons. The Bertz CT molecular complexity index is 897. The third kappa shape index (κ3) is 2.55. The zero-order valence-corrected chi connectivity index (χ0v) is 15.8. The number of amides is 1. The molecule has 1 aromatic heterocycles. The fourth-order valence-corrected chi connectivity index (χ4v) is 4.78. The fourth-order valence-electron chi connectivity index (χ4n) is 4.78. The van der Waals surface area contributed by atoms with Crippen LogP contribution in [0.5, 0.6) is 0 Å². The SMILES string of the molecule is CC(=O)Nc1ccc(-n2c(C)c3c(c2C)C(C)(C#N)CC3(C)C)cc1. The molecule has 0 bridgehead atoms. The quantitative estimate of drug-likeness (QED) is 0.877. The molecule has 1 amide bonds. The Balaban J connectivity index is 2.16. The predicted octanol–water partition coefficient (Wildman–Crippen LogP) is 4.52. The Labute approximate surface area is 149 Å². The van der Waals surface area contributed by atoms with Gasteiger partial charge in [0.05, 0.1) is 11.5 Å². The largest absolute Gasteiger partial charge is 0.326 e. The molecular formula is C21H25N3O. The van der Waals surface area contributed by atoms with Crippen LogP contribution in [0.25, 0.3) is 5.69 Å². The summed E-state index contributed by atoms with van der Waals surface area (Å²) >= 11 is 0. The molecule has 1 heterocycles. The lowest BCUT2D eigenvalue weighted by Crippen LogP contribution is -2.22. The summed E-state index contributed by atoms with van der Waals surface area (Å²) < 4.78 is 2.23. The maximum Gasteiger partial charge on any atom is 0.221 e. The first-order valence-corrected chi connectivity index (χ1v) is 8.63. The van der Waals surface area contributed by atoms with Crippen LogP contribution in [-0.4, -0.2) is 10.5 Å². The number of fused-ring (bicyclic) bond motifs is 1. The summed E-state index contributed by atoms with van der Waals surface area (Å²) in [7, 11) is 0. The van der Waals surface area contributed by atoms with E-state index in [1.807, 2.05) is 24.3 Å². The monoisotopic (exact) mass is 335 g/mol. The molecule has 1 N–H and O–H groups in total. The lowest BCUT2D eigenvalue weighted by atomic mass is 9.80. The van der Waals surface area contributed by atoms with Crippen molar-refractivity contribution >= 4 is 11.6 Å². The predicted molar refractivity (Wildman–Crippen MR) is 100 cm³/mol. The molecule has 2 aromatic rings. The van der Waals surface area contributed by atoms with Crippen LogP contribution in [-0.2, 0) is 15.6 Å². The Morgan fingerprint density at radius 1 is 1.12 bits per heavy atom. The minimum Gasteiger partial charge on any atom is -0.326 e. The van der Waals surface area contributed by atoms with E-state index in [1.165, 1.54) is 23.7 Å². The molecule has 0 spiro atoms. The van der Waals surface area contributed by atoms with Crippen LogP contribution in [0.15, 0.2) is 24.3 Å². The third-order valence-corrected chi connectivity index (χ3v) is 5.36. The van der Waals surface area contributed by atoms with E-state index in [0.29, 0.717) is 0 Å². The van der Waals surface area contributed by atoms with Crippen molar-refractivity contribution in [3.05, 3.63) is 46.8 Å². The van der Waals surface area contributed by atoms with Crippen molar-refractivity contribution in [3.8, 4) is 11.8 Å². The first-order chi connectivity index (χ1) is 11.6. The van der Waals surface area contributed by atoms with E-state index >= 15 is 0 Å². The number of carbonyl (C=O) groups is 1. The van der Waals surface area contributed by atoms with Gasteiger partial charge in [0.15, 0.2) is 0 Å². The van der Waals surface area contributed by atoms with E-state index in [-0.39, 0.29) is 11.3 Å². The molecule has 0 fully saturated rings. The molecule has 1 aliphatic rings. The minimum absolute atomic E-state index is 0.0178. The van der Waals surface area contributed by atoms with Gasteiger partial charge >= 0.3 is 0 Å². The Hall–Kier alpha value is -2.54. The Morgan fingerprint density at radius 3 is 2.20 bits per heavy atom. The fraction of sp³-hybridized carbons (Fsp3) is 0.429. The summed E-state index contributed by atoms with van der Waals surface area (Å²) in [6.45, 7) is 12.2. The second-order valence-corrected chi connectivity index (χ2v) is 7.99. The lowest BCUT2D eigenvalue weighted by Gasteiger charge is -2.24. The van der Waals surface area contributed by atoms with Gasteiger partial charge in [-0.25, -0.2) is 0 Å². The molecule has 25 heavy (non-hydrogen) atoms. The minimum atomic E-state index is -0.449. The van der Waals surface area contributed by atoms with Gasteiger partial charge in [-0.3, -0.25) is 4.79 Å². The van der Waals surface area contributed by atoms with E-state index in [2.05, 4.69) is 50.6 Å². The highest BCUT2D eigenvalue weighted by Gasteiger charge is 2.49. The number of hydrogen-bond acceptors (Lipinski definition) is 2. The van der Waals surface area contributed by atoms with Gasteiger partial charge in [0.2, 0.25) is 5.91 Å². The zero-order valence-electron chi connectivity index (χ0n) is 15.8. The molecule has 0 aliphatic heterocycles. The van der Waals surface area contributed by atoms with Crippen molar-refractivity contribution in [2.75, 3.05) is 5.32 Å². The summed E-state index contributed by atoms with van der Waals surface area (Å²) in [6, 6.07) is 10.4. The molecule has 1 aromatic carbocycles. The Kier molecular flexibility index (Phi) is 3.79. The maximum absolute atomic E-state index is 11.2. The molecule has 3 rings (SSSR count). The van der Waals surface area contributed by atoms with Gasteiger partial charge in [0.1, 0.15) is 0 Å². The van der Waals surface area contributed by atoms with Crippen LogP contribution in [0, 0.1) is 25.2 Å². The van der Waals surface area contributed by atoms with E-state index in [9.17, 15) is 10.1 Å². The summed E-state index contributed by atoms with van der Waals surface area (Å²) in [5.41, 5.74) is 6.19. The summed E-state index contributed by atoms with van der Waals surface area (Å²) in [5, 5.41) is 12.6. The molecule has 1 unspecified atom stereocenters. The van der Waals surface area contributed by atoms with E-state index in [4.69, 9.17) is 0 Å². The third-order valence-electron chi connectivity index (χ3n) is 5.36. The van der Waals surface area contributed by atoms with Gasteiger partial charge in [0, 0.05) is 29.7 Å². The smallest absolute Gasteiger partial charge is 0.221 e. The zero-order chi connectivity index (χ0) is 18.6. The topological polar surface area (TPSA) is 57.8 Å². The molecule has 4 nitrogen and oxygen atoms in total. The number of benzene rings is 1. The first kappa shape index (κ1) is 17.3. The lowest BCUT2D eigenvalue weighted by molar-refractivity contribution is -0.114. The average Bonchev–Trinajstić information content (AvgIpc) is 2.91. The number of rotatable bonds is 2. The number of nitrogens with one attached hydrogen (secondary N) is 1. The Morgan fingerprint density at radius 2 is 1.68 bits per heavy atom. The number of carbonyl (C=O) groups excluding carboxylic acids is 1. The van der Waals surface area contributed by atoms with Crippen LogP contribution in [0.2, 0.25) is 0 Å². The van der Waals surface area contributed by atoms with Crippen LogP contribution in [0.1, 0.15) is 56.6 Å². The number of hydrogen-bond donors (Lipinski definition) is 1. The van der Waals surface area contributed by atoms with Crippen molar-refractivity contribution < 1.29 is 4.79 Å². The summed E-state index contributed by atoms with van der Waals surface area (Å²) in [6.07, 6.45) is 0.852. The molecular weight excluding hydrogens is 310 g/mol. The highest BCUT2D eigenvalue weighted by atomic mass is 16.1. The van der Waals surface area contributed by atoms with Crippen LogP contribution in [0.4, 0.5) is 5.69 Å². The van der Waals surface area contributed by atoms with Gasteiger partial charge in [-0.05, 0) is 68.0 Å². The van der Waals surface area contributed by atoms with E-state index in [1.54, 1.807) is 0 Å². The molecule has 0 saturated heterocycles. The van der Waals surface area contributed by atoms with Crippen molar-refractivity contribution in [1.82, 2.24) is 4.57 Å². The molecule has 0 radical (unpaired) electrons. The standard InChI is InChI=1S/C21H25N3O/c1-13-18-19(21(6,12-22)11-20(18,4)5)14(2)24(13)17-9-7-16(8-10-17)23-15(3)25/h7-10H,11H2,1-6H3,(H,23,25). The van der Waals surface area contributed by atoms with Crippen LogP contribution >= 0.6 is 0 Å². The molecule has 0 saturated carbocycles. The van der Waals surface area contributed by atoms with Crippen molar-refractivity contribution in [1.29, 1.82) is 5.26 Å². The van der Waals surface area contributed by atoms with Crippen LogP contribution < -0.4 is 5.32 Å².